The largest absolute Gasteiger partial charge is 0.445 e. The van der Waals surface area contributed by atoms with Crippen LogP contribution < -0.4 is 0 Å². The lowest BCUT2D eigenvalue weighted by Gasteiger charge is -2.35. The lowest BCUT2D eigenvalue weighted by molar-refractivity contribution is -0.167. The van der Waals surface area contributed by atoms with Crippen LogP contribution in [0, 0.1) is 23.2 Å². The number of rotatable bonds is 4. The van der Waals surface area contributed by atoms with Crippen molar-refractivity contribution in [2.75, 3.05) is 0 Å². The molecule has 0 bridgehead atoms. The van der Waals surface area contributed by atoms with Gasteiger partial charge in [-0.3, -0.25) is 4.79 Å². The van der Waals surface area contributed by atoms with Gasteiger partial charge in [-0.2, -0.15) is 0 Å². The van der Waals surface area contributed by atoms with Gasteiger partial charge >= 0.3 is 5.97 Å². The Labute approximate surface area is 117 Å². The minimum atomic E-state index is -0.699. The Bertz CT molecular complexity index is 409. The van der Waals surface area contributed by atoms with Crippen LogP contribution in [0.25, 0.3) is 0 Å². The molecule has 19 heavy (non-hydrogen) atoms. The molecule has 1 rings (SSSR count). The molecule has 0 saturated carbocycles. The molecular weight excluding hydrogens is 236 g/mol. The molecule has 2 nitrogen and oxygen atoms in total. The number of ether oxygens (including phenoxy) is 1. The molecule has 1 aliphatic carbocycles. The van der Waals surface area contributed by atoms with Crippen molar-refractivity contribution in [1.29, 1.82) is 0 Å². The summed E-state index contributed by atoms with van der Waals surface area (Å²) in [6, 6.07) is 0. The molecule has 0 aliphatic heterocycles. The third kappa shape index (κ3) is 3.86. The molecular formula is C17H26O2. The van der Waals surface area contributed by atoms with Crippen LogP contribution in [0.4, 0.5) is 0 Å². The fraction of sp³-hybridized carbons (Fsp3) is 0.706. The summed E-state index contributed by atoms with van der Waals surface area (Å²) in [5.74, 6) is 6.08. The summed E-state index contributed by atoms with van der Waals surface area (Å²) in [5, 5.41) is 0. The van der Waals surface area contributed by atoms with Crippen LogP contribution in [0.15, 0.2) is 12.2 Å². The van der Waals surface area contributed by atoms with Crippen molar-refractivity contribution in [2.24, 2.45) is 11.3 Å². The van der Waals surface area contributed by atoms with Crippen molar-refractivity contribution in [3.05, 3.63) is 12.2 Å². The number of carbonyl (C=O) groups is 1. The Morgan fingerprint density at radius 2 is 2.11 bits per heavy atom. The first-order chi connectivity index (χ1) is 8.85. The highest BCUT2D eigenvalue weighted by Gasteiger charge is 2.39. The lowest BCUT2D eigenvalue weighted by Crippen LogP contribution is -2.42. The fourth-order valence-electron chi connectivity index (χ4n) is 2.19. The molecule has 2 atom stereocenters. The van der Waals surface area contributed by atoms with Gasteiger partial charge in [0.05, 0.1) is 5.41 Å². The molecule has 0 aromatic heterocycles. The van der Waals surface area contributed by atoms with Crippen LogP contribution in [0.1, 0.15) is 60.3 Å². The zero-order valence-corrected chi connectivity index (χ0v) is 12.9. The van der Waals surface area contributed by atoms with Gasteiger partial charge in [0.25, 0.3) is 0 Å². The van der Waals surface area contributed by atoms with Gasteiger partial charge in [-0.15, -0.1) is 5.92 Å². The van der Waals surface area contributed by atoms with Crippen LogP contribution in [0.5, 0.6) is 0 Å². The zero-order chi connectivity index (χ0) is 14.5. The van der Waals surface area contributed by atoms with Crippen LogP contribution in [-0.2, 0) is 9.53 Å². The smallest absolute Gasteiger partial charge is 0.313 e. The van der Waals surface area contributed by atoms with Gasteiger partial charge < -0.3 is 4.74 Å². The van der Waals surface area contributed by atoms with Gasteiger partial charge in [-0.25, -0.2) is 0 Å². The molecule has 0 amide bonds. The van der Waals surface area contributed by atoms with Crippen molar-refractivity contribution < 1.29 is 9.53 Å². The summed E-state index contributed by atoms with van der Waals surface area (Å²) in [7, 11) is 0. The summed E-state index contributed by atoms with van der Waals surface area (Å²) in [5.41, 5.74) is -1.15. The molecule has 2 heteroatoms. The van der Waals surface area contributed by atoms with Crippen molar-refractivity contribution in [3.63, 3.8) is 0 Å². The van der Waals surface area contributed by atoms with Gasteiger partial charge in [-0.1, -0.05) is 25.0 Å². The molecule has 0 N–H and O–H groups in total. The van der Waals surface area contributed by atoms with Crippen LogP contribution in [0.3, 0.4) is 0 Å². The van der Waals surface area contributed by atoms with E-state index in [9.17, 15) is 4.79 Å². The predicted octanol–water partition coefficient (Wildman–Crippen LogP) is 4.10. The molecule has 2 unspecified atom stereocenters. The van der Waals surface area contributed by atoms with E-state index in [4.69, 9.17) is 4.74 Å². The van der Waals surface area contributed by atoms with E-state index < -0.39 is 11.0 Å². The van der Waals surface area contributed by atoms with Crippen molar-refractivity contribution in [1.82, 2.24) is 0 Å². The predicted molar refractivity (Wildman–Crippen MR) is 78.5 cm³/mol. The Balaban J connectivity index is 2.93. The van der Waals surface area contributed by atoms with E-state index in [1.54, 1.807) is 6.92 Å². The molecule has 0 radical (unpaired) electrons. The Morgan fingerprint density at radius 1 is 1.42 bits per heavy atom. The first-order valence-electron chi connectivity index (χ1n) is 7.19. The highest BCUT2D eigenvalue weighted by molar-refractivity contribution is 5.76. The average molecular weight is 262 g/mol. The molecule has 0 heterocycles. The molecule has 1 aliphatic rings. The second-order valence-corrected chi connectivity index (χ2v) is 6.07. The van der Waals surface area contributed by atoms with Crippen molar-refractivity contribution in [3.8, 4) is 11.8 Å². The maximum atomic E-state index is 12.3. The summed E-state index contributed by atoms with van der Waals surface area (Å²) < 4.78 is 5.81. The standard InChI is InChI=1S/C17H26O2/c1-6-13-17(5,14-11-9-8-10-12-14)19-15(18)16(3,4)7-2/h9,11,14H,7-8,10,12H2,1-5H3. The minimum Gasteiger partial charge on any atom is -0.445 e. The Kier molecular flexibility index (Phi) is 5.23. The highest BCUT2D eigenvalue weighted by atomic mass is 16.6. The monoisotopic (exact) mass is 262 g/mol. The molecule has 0 aromatic rings. The third-order valence-electron chi connectivity index (χ3n) is 4.08. The van der Waals surface area contributed by atoms with E-state index in [1.165, 1.54) is 0 Å². The van der Waals surface area contributed by atoms with E-state index in [0.717, 1.165) is 25.7 Å². The molecule has 0 aromatic carbocycles. The summed E-state index contributed by atoms with van der Waals surface area (Å²) in [4.78, 5) is 12.3. The summed E-state index contributed by atoms with van der Waals surface area (Å²) in [6.45, 7) is 9.58. The second kappa shape index (κ2) is 6.28. The van der Waals surface area contributed by atoms with Gasteiger partial charge in [0.15, 0.2) is 5.60 Å². The van der Waals surface area contributed by atoms with Gasteiger partial charge in [0.1, 0.15) is 0 Å². The average Bonchev–Trinajstić information content (AvgIpc) is 2.40. The third-order valence-corrected chi connectivity index (χ3v) is 4.08. The normalized spacial score (nSPS) is 22.1. The minimum absolute atomic E-state index is 0.153. The number of hydrogen-bond donors (Lipinski definition) is 0. The molecule has 0 saturated heterocycles. The van der Waals surface area contributed by atoms with Crippen LogP contribution in [-0.4, -0.2) is 11.6 Å². The highest BCUT2D eigenvalue weighted by Crippen LogP contribution is 2.33. The second-order valence-electron chi connectivity index (χ2n) is 6.07. The van der Waals surface area contributed by atoms with E-state index in [-0.39, 0.29) is 11.9 Å². The lowest BCUT2D eigenvalue weighted by atomic mass is 9.81. The molecule has 106 valence electrons. The van der Waals surface area contributed by atoms with E-state index in [2.05, 4.69) is 24.0 Å². The quantitative estimate of drug-likeness (QED) is 0.433. The Hall–Kier alpha value is -1.23. The van der Waals surface area contributed by atoms with E-state index >= 15 is 0 Å². The SMILES string of the molecule is CC#CC(C)(OC(=O)C(C)(C)CC)C1C=CCCC1. The topological polar surface area (TPSA) is 26.3 Å². The summed E-state index contributed by atoms with van der Waals surface area (Å²) in [6.07, 6.45) is 8.36. The van der Waals surface area contributed by atoms with E-state index in [0.29, 0.717) is 0 Å². The van der Waals surface area contributed by atoms with Gasteiger partial charge in [0.2, 0.25) is 0 Å². The van der Waals surface area contributed by atoms with Crippen molar-refractivity contribution >= 4 is 5.97 Å². The summed E-state index contributed by atoms with van der Waals surface area (Å²) >= 11 is 0. The molecule has 0 spiro atoms. The fourth-order valence-corrected chi connectivity index (χ4v) is 2.19. The van der Waals surface area contributed by atoms with Gasteiger partial charge in [0, 0.05) is 5.92 Å². The van der Waals surface area contributed by atoms with Crippen molar-refractivity contribution in [2.45, 2.75) is 65.9 Å². The number of carbonyl (C=O) groups excluding carboxylic acids is 1. The molecule has 0 fully saturated rings. The van der Waals surface area contributed by atoms with E-state index in [1.807, 2.05) is 27.7 Å². The van der Waals surface area contributed by atoms with Gasteiger partial charge in [-0.05, 0) is 53.4 Å². The van der Waals surface area contributed by atoms with Crippen LogP contribution in [0.2, 0.25) is 0 Å². The number of allylic oxidation sites excluding steroid dienone is 1. The van der Waals surface area contributed by atoms with Crippen LogP contribution >= 0.6 is 0 Å². The first kappa shape index (κ1) is 15.8. The maximum absolute atomic E-state index is 12.3. The number of esters is 1. The number of hydrogen-bond acceptors (Lipinski definition) is 2. The maximum Gasteiger partial charge on any atom is 0.313 e. The first-order valence-corrected chi connectivity index (χ1v) is 7.19. The zero-order valence-electron chi connectivity index (χ0n) is 12.9. The Morgan fingerprint density at radius 3 is 2.58 bits per heavy atom.